The summed E-state index contributed by atoms with van der Waals surface area (Å²) in [6, 6.07) is 23.5. The number of phenols is 1. The van der Waals surface area contributed by atoms with E-state index in [9.17, 15) is 5.11 Å². The summed E-state index contributed by atoms with van der Waals surface area (Å²) in [6.45, 7) is 4.39. The second-order valence-corrected chi connectivity index (χ2v) is 7.22. The molecule has 0 amide bonds. The van der Waals surface area contributed by atoms with Crippen LogP contribution in [-0.2, 0) is 13.0 Å². The fourth-order valence-corrected chi connectivity index (χ4v) is 3.57. The molecule has 0 unspecified atom stereocenters. The number of hydrogen-bond acceptors (Lipinski definition) is 5. The van der Waals surface area contributed by atoms with Gasteiger partial charge in [0.1, 0.15) is 17.4 Å². The highest BCUT2D eigenvalue weighted by Crippen LogP contribution is 2.36. The Labute approximate surface area is 176 Å². The van der Waals surface area contributed by atoms with Crippen molar-refractivity contribution in [2.75, 3.05) is 4.90 Å². The number of aryl methyl sites for hydroxylation is 2. The minimum atomic E-state index is 0.202. The first kappa shape index (κ1) is 19.6. The average Bonchev–Trinajstić information content (AvgIpc) is 2.76. The van der Waals surface area contributed by atoms with Gasteiger partial charge in [0.25, 0.3) is 0 Å². The minimum Gasteiger partial charge on any atom is -0.506 e. The first-order valence-electron chi connectivity index (χ1n) is 9.95. The van der Waals surface area contributed by atoms with Crippen molar-refractivity contribution < 1.29 is 5.11 Å². The lowest BCUT2D eigenvalue weighted by Gasteiger charge is -2.27. The van der Waals surface area contributed by atoms with Gasteiger partial charge in [0.05, 0.1) is 17.9 Å². The number of benzene rings is 2. The Balaban J connectivity index is 1.86. The molecule has 5 nitrogen and oxygen atoms in total. The first-order valence-corrected chi connectivity index (χ1v) is 9.95. The van der Waals surface area contributed by atoms with E-state index in [2.05, 4.69) is 22.1 Å². The summed E-state index contributed by atoms with van der Waals surface area (Å²) in [5.74, 6) is 1.68. The molecule has 0 radical (unpaired) electrons. The van der Waals surface area contributed by atoms with E-state index in [1.54, 1.807) is 12.3 Å². The van der Waals surface area contributed by atoms with Crippen molar-refractivity contribution in [3.05, 3.63) is 107 Å². The Hall–Kier alpha value is -3.73. The van der Waals surface area contributed by atoms with E-state index < -0.39 is 0 Å². The van der Waals surface area contributed by atoms with Crippen molar-refractivity contribution in [3.63, 3.8) is 0 Å². The summed E-state index contributed by atoms with van der Waals surface area (Å²) >= 11 is 0. The van der Waals surface area contributed by atoms with Gasteiger partial charge >= 0.3 is 0 Å². The van der Waals surface area contributed by atoms with Gasteiger partial charge in [0, 0.05) is 23.9 Å². The smallest absolute Gasteiger partial charge is 0.141 e. The second-order valence-electron chi connectivity index (χ2n) is 7.22. The average molecular weight is 396 g/mol. The SMILES string of the molecule is Cc1nc(C)c(Cc2ccccc2)c(N(Cc2ccccn2)c2ccccc2O)n1. The maximum absolute atomic E-state index is 10.6. The Bertz CT molecular complexity index is 1130. The molecule has 0 aliphatic carbocycles. The van der Waals surface area contributed by atoms with E-state index in [1.165, 1.54) is 5.56 Å². The van der Waals surface area contributed by atoms with Crippen LogP contribution in [0.15, 0.2) is 79.0 Å². The molecule has 1 N–H and O–H groups in total. The van der Waals surface area contributed by atoms with Crippen LogP contribution in [0.4, 0.5) is 11.5 Å². The lowest BCUT2D eigenvalue weighted by atomic mass is 10.0. The Morgan fingerprint density at radius 2 is 1.57 bits per heavy atom. The standard InChI is InChI=1S/C25H24N4O/c1-18-22(16-20-10-4-3-5-11-20)25(28-19(2)27-18)29(17-21-12-8-9-15-26-21)23-13-6-7-14-24(23)30/h3-15,30H,16-17H2,1-2H3. The van der Waals surface area contributed by atoms with Gasteiger partial charge < -0.3 is 10.0 Å². The van der Waals surface area contributed by atoms with E-state index in [0.717, 1.165) is 22.8 Å². The van der Waals surface area contributed by atoms with Crippen LogP contribution in [0.1, 0.15) is 28.3 Å². The number of para-hydroxylation sites is 2. The number of pyridine rings is 1. The largest absolute Gasteiger partial charge is 0.506 e. The third-order valence-corrected chi connectivity index (χ3v) is 5.00. The molecule has 0 aliphatic heterocycles. The summed E-state index contributed by atoms with van der Waals surface area (Å²) in [5, 5.41) is 10.6. The minimum absolute atomic E-state index is 0.202. The zero-order valence-electron chi connectivity index (χ0n) is 17.2. The summed E-state index contributed by atoms with van der Waals surface area (Å²) < 4.78 is 0. The molecular formula is C25H24N4O. The summed E-state index contributed by atoms with van der Waals surface area (Å²) in [7, 11) is 0. The number of aromatic hydroxyl groups is 1. The molecule has 0 saturated heterocycles. The van der Waals surface area contributed by atoms with Crippen molar-refractivity contribution in [1.82, 2.24) is 15.0 Å². The third kappa shape index (κ3) is 4.30. The van der Waals surface area contributed by atoms with E-state index in [1.807, 2.05) is 73.3 Å². The van der Waals surface area contributed by atoms with Crippen molar-refractivity contribution in [1.29, 1.82) is 0 Å². The van der Waals surface area contributed by atoms with E-state index >= 15 is 0 Å². The van der Waals surface area contributed by atoms with Crippen LogP contribution >= 0.6 is 0 Å². The van der Waals surface area contributed by atoms with Gasteiger partial charge in [-0.2, -0.15) is 0 Å². The molecule has 30 heavy (non-hydrogen) atoms. The van der Waals surface area contributed by atoms with E-state index in [-0.39, 0.29) is 5.75 Å². The maximum atomic E-state index is 10.6. The first-order chi connectivity index (χ1) is 14.6. The predicted molar refractivity (Wildman–Crippen MR) is 119 cm³/mol. The molecular weight excluding hydrogens is 372 g/mol. The molecule has 2 aromatic heterocycles. The molecule has 4 aromatic rings. The molecule has 0 fully saturated rings. The number of nitrogens with zero attached hydrogens (tertiary/aromatic N) is 4. The summed E-state index contributed by atoms with van der Waals surface area (Å²) in [6.07, 6.45) is 2.48. The quantitative estimate of drug-likeness (QED) is 0.490. The fraction of sp³-hybridized carbons (Fsp3) is 0.160. The maximum Gasteiger partial charge on any atom is 0.141 e. The summed E-state index contributed by atoms with van der Waals surface area (Å²) in [5.41, 5.74) is 4.73. The molecule has 0 atom stereocenters. The highest BCUT2D eigenvalue weighted by molar-refractivity contribution is 5.69. The molecule has 0 saturated carbocycles. The Morgan fingerprint density at radius 3 is 2.30 bits per heavy atom. The molecule has 150 valence electrons. The number of hydrogen-bond donors (Lipinski definition) is 1. The number of aromatic nitrogens is 3. The van der Waals surface area contributed by atoms with Crippen LogP contribution in [0, 0.1) is 13.8 Å². The zero-order chi connectivity index (χ0) is 20.9. The Morgan fingerprint density at radius 1 is 0.833 bits per heavy atom. The van der Waals surface area contributed by atoms with Gasteiger partial charge in [-0.25, -0.2) is 9.97 Å². The molecule has 0 bridgehead atoms. The monoisotopic (exact) mass is 396 g/mol. The van der Waals surface area contributed by atoms with Gasteiger partial charge in [-0.3, -0.25) is 4.98 Å². The predicted octanol–water partition coefficient (Wildman–Crippen LogP) is 5.12. The normalized spacial score (nSPS) is 10.7. The van der Waals surface area contributed by atoms with Crippen LogP contribution in [0.3, 0.4) is 0 Å². The van der Waals surface area contributed by atoms with Crippen molar-refractivity contribution in [3.8, 4) is 5.75 Å². The molecule has 4 rings (SSSR count). The highest BCUT2D eigenvalue weighted by atomic mass is 16.3. The van der Waals surface area contributed by atoms with E-state index in [4.69, 9.17) is 4.98 Å². The van der Waals surface area contributed by atoms with Gasteiger partial charge in [0.15, 0.2) is 0 Å². The molecule has 0 aliphatic rings. The van der Waals surface area contributed by atoms with Crippen LogP contribution < -0.4 is 4.90 Å². The number of rotatable bonds is 6. The van der Waals surface area contributed by atoms with Crippen LogP contribution in [0.2, 0.25) is 0 Å². The van der Waals surface area contributed by atoms with Gasteiger partial charge in [0.2, 0.25) is 0 Å². The van der Waals surface area contributed by atoms with Gasteiger partial charge in [-0.1, -0.05) is 48.5 Å². The topological polar surface area (TPSA) is 62.1 Å². The van der Waals surface area contributed by atoms with Crippen molar-refractivity contribution in [2.45, 2.75) is 26.8 Å². The molecule has 2 heterocycles. The molecule has 2 aromatic carbocycles. The third-order valence-electron chi connectivity index (χ3n) is 5.00. The van der Waals surface area contributed by atoms with Crippen molar-refractivity contribution >= 4 is 11.5 Å². The summed E-state index contributed by atoms with van der Waals surface area (Å²) in [4.78, 5) is 16.0. The number of anilines is 2. The second kappa shape index (κ2) is 8.74. The Kier molecular flexibility index (Phi) is 5.70. The van der Waals surface area contributed by atoms with Gasteiger partial charge in [-0.15, -0.1) is 0 Å². The number of phenolic OH excluding ortho intramolecular Hbond substituents is 1. The molecule has 5 heteroatoms. The van der Waals surface area contributed by atoms with Crippen LogP contribution in [0.5, 0.6) is 5.75 Å². The van der Waals surface area contributed by atoms with Gasteiger partial charge in [-0.05, 0) is 43.7 Å². The van der Waals surface area contributed by atoms with Crippen molar-refractivity contribution in [2.24, 2.45) is 0 Å². The van der Waals surface area contributed by atoms with Crippen LogP contribution in [-0.4, -0.2) is 20.1 Å². The lowest BCUT2D eigenvalue weighted by Crippen LogP contribution is -2.22. The lowest BCUT2D eigenvalue weighted by molar-refractivity contribution is 0.475. The van der Waals surface area contributed by atoms with Crippen LogP contribution in [0.25, 0.3) is 0 Å². The zero-order valence-corrected chi connectivity index (χ0v) is 17.2. The fourth-order valence-electron chi connectivity index (χ4n) is 3.57. The highest BCUT2D eigenvalue weighted by Gasteiger charge is 2.21. The molecule has 0 spiro atoms. The van der Waals surface area contributed by atoms with E-state index in [0.29, 0.717) is 24.5 Å².